The normalized spacial score (nSPS) is 30.3. The molecular formula is C77H96N8O2. The Morgan fingerprint density at radius 3 is 1.41 bits per heavy atom. The first-order chi connectivity index (χ1) is 42.7. The van der Waals surface area contributed by atoms with Crippen molar-refractivity contribution in [3.63, 3.8) is 0 Å². The highest BCUT2D eigenvalue weighted by Crippen LogP contribution is 2.68. The van der Waals surface area contributed by atoms with Gasteiger partial charge in [-0.2, -0.15) is 15.3 Å². The summed E-state index contributed by atoms with van der Waals surface area (Å²) >= 11 is 0. The van der Waals surface area contributed by atoms with Gasteiger partial charge in [0.05, 0.1) is 34.2 Å². The first kappa shape index (κ1) is 59.3. The van der Waals surface area contributed by atoms with Gasteiger partial charge in [-0.05, 0) is 119 Å². The highest BCUT2D eigenvalue weighted by Gasteiger charge is 2.67. The molecule has 87 heavy (non-hydrogen) atoms. The van der Waals surface area contributed by atoms with Crippen molar-refractivity contribution < 1.29 is 11.3 Å². The highest BCUT2D eigenvalue weighted by atomic mass is 16.3. The second-order valence-electron chi connectivity index (χ2n) is 28.5. The van der Waals surface area contributed by atoms with Gasteiger partial charge in [0, 0.05) is 95.8 Å². The third kappa shape index (κ3) is 9.11. The average Bonchev–Trinajstić information content (AvgIpc) is 1.60. The van der Waals surface area contributed by atoms with E-state index in [2.05, 4.69) is 139 Å². The van der Waals surface area contributed by atoms with E-state index >= 15 is 0 Å². The van der Waals surface area contributed by atoms with E-state index in [-0.39, 0.29) is 38.9 Å². The van der Waals surface area contributed by atoms with Crippen LogP contribution in [0.25, 0.3) is 43.5 Å². The van der Waals surface area contributed by atoms with E-state index in [0.29, 0.717) is 23.7 Å². The van der Waals surface area contributed by atoms with Crippen molar-refractivity contribution in [2.45, 2.75) is 218 Å². The number of carbonyl (C=O) groups excluding carboxylic acids is 1. The van der Waals surface area contributed by atoms with Gasteiger partial charge >= 0.3 is 0 Å². The zero-order valence-electron chi connectivity index (χ0n) is 54.8. The van der Waals surface area contributed by atoms with Crippen molar-refractivity contribution >= 4 is 5.78 Å². The lowest BCUT2D eigenvalue weighted by atomic mass is 9.48. The van der Waals surface area contributed by atoms with E-state index in [1.54, 1.807) is 5.57 Å². The fourth-order valence-corrected chi connectivity index (χ4v) is 21.5. The maximum absolute atomic E-state index is 13.3. The maximum atomic E-state index is 13.3. The molecule has 10 nitrogen and oxygen atoms in total. The number of nitrogens with zero attached hydrogens (tertiary/aromatic N) is 8. The number of benzene rings is 3. The SMILES string of the molecule is CC.Cn1nc2c(c1-c1ccccc1)CC[C@H]1C3(CCCC3)C3=C(C=CC3)C[C@]21C.[3H]C.[C-]#[N+]C1C[C@]2(C)c3nn(C)c(-c4ccccc4)c3CC[C@H]2C2(CCCC2)C1=O.[C-]#[N+]C1C[C@]2(C)c3nn(C)c(-c4ccccc4)c3CC[C@H]2C2(CCCC2)C1O. The largest absolute Gasteiger partial charge is 0.384 e. The van der Waals surface area contributed by atoms with E-state index in [1.807, 2.05) is 48.9 Å². The molecule has 10 aliphatic rings. The van der Waals surface area contributed by atoms with Gasteiger partial charge in [0.2, 0.25) is 5.78 Å². The standard InChI is InChI=1S/C26H30N2.C24H29N3O.C24H27N3O.C2H6.CH4/c1-25-17-19-11-8-12-21(19)26(15-6-7-16-26)22(25)14-13-20-23(28(2)27-24(20)25)18-9-4-3-5-10-18;2*1-23-15-18(25-2)22(28)24(13-7-8-14-24)19(23)12-11-17-20(27(3)26-21(17)23)16-9-5-4-6-10-16;1-2;/h3-5,8-11,22H,6-7,12-17H2,1-2H3;4-6,9-10,18-19,22,28H,7-8,11-15H2,1,3H3;4-6,9-10,18-19H,7-8,11-15H2,1,3H3;1-2H3;1H4/t22-,25+;18?,19-,22?,23+;18?,19-,23+;;/m111../s1/i;;;;1T. The van der Waals surface area contributed by atoms with Crippen LogP contribution in [0, 0.1) is 47.1 Å². The molecule has 3 aromatic heterocycles. The summed E-state index contributed by atoms with van der Waals surface area (Å²) < 4.78 is 12.0. The minimum atomic E-state index is -0.507. The van der Waals surface area contributed by atoms with Crippen LogP contribution >= 0.6 is 0 Å². The minimum absolute atomic E-state index is 0.0929. The van der Waals surface area contributed by atoms with Crippen molar-refractivity contribution in [2.75, 3.05) is 0 Å². The Kier molecular flexibility index (Phi) is 15.7. The molecule has 6 aromatic rings. The summed E-state index contributed by atoms with van der Waals surface area (Å²) in [6, 6.07) is 31.1. The second-order valence-corrected chi connectivity index (χ2v) is 28.5. The number of aromatic nitrogens is 6. The summed E-state index contributed by atoms with van der Waals surface area (Å²) in [5.74, 6) is 1.73. The first-order valence-corrected chi connectivity index (χ1v) is 33.4. The predicted octanol–water partition coefficient (Wildman–Crippen LogP) is 17.0. The van der Waals surface area contributed by atoms with Crippen molar-refractivity contribution in [2.24, 2.45) is 55.1 Å². The average molecular weight is 1170 g/mol. The molecule has 5 saturated carbocycles. The molecule has 0 bridgehead atoms. The third-order valence-electron chi connectivity index (χ3n) is 24.6. The number of aliphatic hydroxyl groups is 1. The zero-order chi connectivity index (χ0) is 62.0. The number of fused-ring (bicyclic) bond motifs is 13. The molecule has 3 spiro atoms. The second kappa shape index (κ2) is 23.1. The fourth-order valence-electron chi connectivity index (χ4n) is 21.5. The Labute approximate surface area is 521 Å². The van der Waals surface area contributed by atoms with Crippen LogP contribution in [0.4, 0.5) is 0 Å². The Bertz CT molecular complexity index is 3690. The molecule has 3 heterocycles. The molecule has 10 heteroatoms. The lowest BCUT2D eigenvalue weighted by Crippen LogP contribution is -2.60. The van der Waals surface area contributed by atoms with Crippen LogP contribution in [0.5, 0.6) is 0 Å². The molecule has 10 aliphatic carbocycles. The van der Waals surface area contributed by atoms with Crippen LogP contribution in [0.3, 0.4) is 0 Å². The van der Waals surface area contributed by atoms with Gasteiger partial charge in [-0.3, -0.25) is 18.8 Å². The van der Waals surface area contributed by atoms with E-state index in [9.17, 15) is 9.90 Å². The van der Waals surface area contributed by atoms with Crippen molar-refractivity contribution in [3.8, 4) is 33.8 Å². The van der Waals surface area contributed by atoms with E-state index < -0.39 is 12.1 Å². The van der Waals surface area contributed by atoms with E-state index in [0.717, 1.165) is 82.2 Å². The number of rotatable bonds is 3. The number of hydrogen-bond acceptors (Lipinski definition) is 5. The Hall–Kier alpha value is -6.62. The zero-order valence-corrected chi connectivity index (χ0v) is 53.8. The predicted molar refractivity (Wildman–Crippen MR) is 351 cm³/mol. The highest BCUT2D eigenvalue weighted by molar-refractivity contribution is 5.93. The lowest BCUT2D eigenvalue weighted by molar-refractivity contribution is -0.140. The minimum Gasteiger partial charge on any atom is -0.384 e. The smallest absolute Gasteiger partial charge is 0.282 e. The monoisotopic (exact) mass is 1170 g/mol. The molecule has 9 atom stereocenters. The van der Waals surface area contributed by atoms with Crippen molar-refractivity contribution in [3.05, 3.63) is 171 Å². The van der Waals surface area contributed by atoms with Gasteiger partial charge in [-0.25, -0.2) is 13.1 Å². The molecule has 5 fully saturated rings. The van der Waals surface area contributed by atoms with Crippen molar-refractivity contribution in [1.29, 1.82) is 0 Å². The molecular weight excluding hydrogens is 1070 g/mol. The van der Waals surface area contributed by atoms with Gasteiger partial charge in [-0.15, -0.1) is 0 Å². The maximum Gasteiger partial charge on any atom is 0.282 e. The van der Waals surface area contributed by atoms with Crippen LogP contribution in [0.2, 0.25) is 0 Å². The van der Waals surface area contributed by atoms with Crippen molar-refractivity contribution in [1.82, 2.24) is 29.3 Å². The molecule has 16 rings (SSSR count). The third-order valence-corrected chi connectivity index (χ3v) is 24.6. The molecule has 0 amide bonds. The quantitative estimate of drug-likeness (QED) is 0.178. The number of aliphatic hydroxyl groups excluding tert-OH is 1. The topological polar surface area (TPSA) is 99.5 Å². The van der Waals surface area contributed by atoms with Crippen LogP contribution < -0.4 is 0 Å². The van der Waals surface area contributed by atoms with Crippen LogP contribution in [0.1, 0.15) is 199 Å². The molecule has 0 aliphatic heterocycles. The number of aryl methyl sites for hydroxylation is 3. The van der Waals surface area contributed by atoms with E-state index in [1.165, 1.54) is 133 Å². The number of carbonyl (C=O) groups is 1. The molecule has 0 radical (unpaired) electrons. The summed E-state index contributed by atoms with van der Waals surface area (Å²) in [6.45, 7) is 26.7. The van der Waals surface area contributed by atoms with Crippen LogP contribution in [-0.4, -0.2) is 58.4 Å². The summed E-state index contributed by atoms with van der Waals surface area (Å²) in [5.41, 5.74) is 18.9. The molecule has 0 saturated heterocycles. The summed E-state index contributed by atoms with van der Waals surface area (Å²) in [4.78, 5) is 21.1. The Balaban J connectivity index is 0.000000125. The summed E-state index contributed by atoms with van der Waals surface area (Å²) in [6.07, 6.45) is 29.1. The van der Waals surface area contributed by atoms with Gasteiger partial charge < -0.3 is 14.8 Å². The lowest BCUT2D eigenvalue weighted by Gasteiger charge is -2.56. The number of allylic oxidation sites excluding steroid dienone is 4. The number of Topliss-reactive ketones (excluding diaryl/α,β-unsaturated/α-hetero) is 1. The van der Waals surface area contributed by atoms with Gasteiger partial charge in [0.15, 0.2) is 0 Å². The van der Waals surface area contributed by atoms with Gasteiger partial charge in [-0.1, -0.05) is 189 Å². The Morgan fingerprint density at radius 2 is 0.966 bits per heavy atom. The number of hydrogen-bond donors (Lipinski definition) is 1. The fraction of sp³-hybridized carbons (Fsp3) is 0.558. The van der Waals surface area contributed by atoms with E-state index in [4.69, 9.17) is 29.8 Å². The summed E-state index contributed by atoms with van der Waals surface area (Å²) in [7, 11) is 7.48. The van der Waals surface area contributed by atoms with Gasteiger partial charge in [0.1, 0.15) is 6.10 Å². The summed E-state index contributed by atoms with van der Waals surface area (Å²) in [5, 5.41) is 26.5. The molecule has 1 N–H and O–H groups in total. The molecule has 456 valence electrons. The molecule has 3 aromatic carbocycles. The molecule has 3 unspecified atom stereocenters. The Morgan fingerprint density at radius 1 is 0.563 bits per heavy atom. The first-order valence-electron chi connectivity index (χ1n) is 34.4. The van der Waals surface area contributed by atoms with Crippen LogP contribution in [0.15, 0.2) is 114 Å². The van der Waals surface area contributed by atoms with Crippen LogP contribution in [-0.2, 0) is 61.4 Å². The van der Waals surface area contributed by atoms with Gasteiger partial charge in [0.25, 0.3) is 12.1 Å². The number of ketones is 1.